The van der Waals surface area contributed by atoms with Gasteiger partial charge >= 0.3 is 0 Å². The quantitative estimate of drug-likeness (QED) is 0.403. The number of carbonyl (C=O) groups excluding carboxylic acids is 2. The van der Waals surface area contributed by atoms with Crippen LogP contribution in [0.15, 0.2) is 41.3 Å². The molecule has 8 heteroatoms. The van der Waals surface area contributed by atoms with Gasteiger partial charge in [0.05, 0.1) is 11.6 Å². The highest BCUT2D eigenvalue weighted by atomic mass is 32.1. The molecule has 0 saturated carbocycles. The number of ketones is 1. The van der Waals surface area contributed by atoms with Crippen LogP contribution in [0.2, 0.25) is 0 Å². The molecule has 164 valence electrons. The maximum Gasteiger partial charge on any atom is 0.295 e. The third-order valence-corrected chi connectivity index (χ3v) is 6.64. The van der Waals surface area contributed by atoms with E-state index in [0.717, 1.165) is 18.0 Å². The van der Waals surface area contributed by atoms with Gasteiger partial charge in [0.2, 0.25) is 0 Å². The third kappa shape index (κ3) is 4.05. The van der Waals surface area contributed by atoms with Crippen molar-refractivity contribution in [3.63, 3.8) is 0 Å². The second-order valence-electron chi connectivity index (χ2n) is 7.39. The highest BCUT2D eigenvalue weighted by Crippen LogP contribution is 2.42. The smallest absolute Gasteiger partial charge is 0.295 e. The van der Waals surface area contributed by atoms with Crippen LogP contribution >= 0.6 is 11.3 Å². The van der Waals surface area contributed by atoms with Gasteiger partial charge in [-0.15, -0.1) is 11.3 Å². The molecule has 3 heterocycles. The van der Waals surface area contributed by atoms with E-state index in [9.17, 15) is 14.7 Å². The van der Waals surface area contributed by atoms with Gasteiger partial charge in [-0.05, 0) is 42.7 Å². The van der Waals surface area contributed by atoms with Crippen molar-refractivity contribution >= 4 is 28.8 Å². The van der Waals surface area contributed by atoms with Crippen molar-refractivity contribution in [2.75, 3.05) is 39.4 Å². The van der Waals surface area contributed by atoms with Gasteiger partial charge in [0.25, 0.3) is 11.7 Å². The zero-order valence-electron chi connectivity index (χ0n) is 17.7. The average Bonchev–Trinajstić information content (AvgIpc) is 3.41. The number of aliphatic hydroxyl groups excluding tert-OH is 1. The zero-order valence-corrected chi connectivity index (χ0v) is 18.5. The molecule has 2 aliphatic rings. The van der Waals surface area contributed by atoms with Crippen LogP contribution in [0.5, 0.6) is 11.5 Å². The Morgan fingerprint density at radius 3 is 2.58 bits per heavy atom. The van der Waals surface area contributed by atoms with E-state index in [0.29, 0.717) is 43.4 Å². The number of Topliss-reactive ketones (excluding diaryl/α,β-unsaturated/α-hetero) is 1. The lowest BCUT2D eigenvalue weighted by Gasteiger charge is -2.27. The monoisotopic (exact) mass is 442 g/mol. The van der Waals surface area contributed by atoms with Crippen LogP contribution in [0, 0.1) is 0 Å². The van der Waals surface area contributed by atoms with Crippen LogP contribution in [-0.4, -0.2) is 66.0 Å². The lowest BCUT2D eigenvalue weighted by Crippen LogP contribution is -2.37. The average molecular weight is 443 g/mol. The first-order valence-electron chi connectivity index (χ1n) is 10.5. The minimum absolute atomic E-state index is 0.115. The van der Waals surface area contributed by atoms with E-state index >= 15 is 0 Å². The van der Waals surface area contributed by atoms with E-state index in [-0.39, 0.29) is 11.3 Å². The van der Waals surface area contributed by atoms with Crippen LogP contribution in [0.3, 0.4) is 0 Å². The molecule has 1 unspecified atom stereocenters. The fourth-order valence-electron chi connectivity index (χ4n) is 3.99. The fraction of sp³-hybridized carbons (Fsp3) is 0.391. The van der Waals surface area contributed by atoms with Crippen molar-refractivity contribution in [1.29, 1.82) is 0 Å². The molecule has 0 aliphatic carbocycles. The number of benzene rings is 1. The van der Waals surface area contributed by atoms with Crippen LogP contribution in [0.4, 0.5) is 0 Å². The zero-order chi connectivity index (χ0) is 22.0. The lowest BCUT2D eigenvalue weighted by atomic mass is 9.99. The first-order chi connectivity index (χ1) is 15.0. The first-order valence-corrected chi connectivity index (χ1v) is 11.4. The molecule has 7 nitrogen and oxygen atoms in total. The number of hydrogen-bond donors (Lipinski definition) is 1. The number of aliphatic hydroxyl groups is 1. The summed E-state index contributed by atoms with van der Waals surface area (Å²) in [5, 5.41) is 13.1. The Labute approximate surface area is 185 Å². The van der Waals surface area contributed by atoms with Crippen molar-refractivity contribution in [3.05, 3.63) is 51.7 Å². The highest BCUT2D eigenvalue weighted by molar-refractivity contribution is 7.10. The predicted octanol–water partition coefficient (Wildman–Crippen LogP) is 3.28. The van der Waals surface area contributed by atoms with E-state index < -0.39 is 17.7 Å². The van der Waals surface area contributed by atoms with Crippen molar-refractivity contribution in [3.8, 4) is 11.5 Å². The summed E-state index contributed by atoms with van der Waals surface area (Å²) in [7, 11) is 0. The Morgan fingerprint density at radius 1 is 1.16 bits per heavy atom. The molecule has 1 aromatic carbocycles. The second kappa shape index (κ2) is 9.11. The summed E-state index contributed by atoms with van der Waals surface area (Å²) < 4.78 is 11.1. The number of likely N-dealkylation sites (tertiary alicyclic amines) is 1. The minimum Gasteiger partial charge on any atom is -0.507 e. The Bertz CT molecular complexity index is 997. The van der Waals surface area contributed by atoms with Gasteiger partial charge in [-0.25, -0.2) is 0 Å². The summed E-state index contributed by atoms with van der Waals surface area (Å²) in [6, 6.07) is 8.21. The molecule has 1 aromatic heterocycles. The standard InChI is InChI=1S/C23H26N2O5S/c1-3-24(4-2)9-10-25-20(18-6-5-13-31-18)19(22(27)23(25)28)21(26)15-7-8-16-17(14-15)30-12-11-29-16/h5-8,13-14,20,26H,3-4,9-12H2,1-2H3/b21-19+. The molecule has 0 radical (unpaired) electrons. The van der Waals surface area contributed by atoms with Gasteiger partial charge in [-0.2, -0.15) is 0 Å². The first kappa shape index (κ1) is 21.4. The number of nitrogens with zero attached hydrogens (tertiary/aromatic N) is 2. The molecule has 1 N–H and O–H groups in total. The Kier molecular flexibility index (Phi) is 6.29. The number of hydrogen-bond acceptors (Lipinski definition) is 7. The molecule has 2 aromatic rings. The van der Waals surface area contributed by atoms with Crippen molar-refractivity contribution in [2.24, 2.45) is 0 Å². The van der Waals surface area contributed by atoms with Gasteiger partial charge in [-0.1, -0.05) is 19.9 Å². The summed E-state index contributed by atoms with van der Waals surface area (Å²) in [6.45, 7) is 7.81. The topological polar surface area (TPSA) is 79.3 Å². The maximum atomic E-state index is 13.0. The molecule has 1 fully saturated rings. The van der Waals surface area contributed by atoms with E-state index in [1.54, 1.807) is 23.1 Å². The molecule has 31 heavy (non-hydrogen) atoms. The summed E-state index contributed by atoms with van der Waals surface area (Å²) in [4.78, 5) is 30.6. The van der Waals surface area contributed by atoms with E-state index in [2.05, 4.69) is 18.7 Å². The van der Waals surface area contributed by atoms with Gasteiger partial charge in [0, 0.05) is 23.5 Å². The second-order valence-corrected chi connectivity index (χ2v) is 8.37. The SMILES string of the molecule is CCN(CC)CCN1C(=O)C(=O)/C(=C(/O)c2ccc3c(c2)OCCO3)C1c1cccs1. The molecule has 1 saturated heterocycles. The molecule has 0 bridgehead atoms. The van der Waals surface area contributed by atoms with Gasteiger partial charge < -0.3 is 24.4 Å². The predicted molar refractivity (Wildman–Crippen MR) is 119 cm³/mol. The number of likely N-dealkylation sites (N-methyl/N-ethyl adjacent to an activating group) is 1. The number of carbonyl (C=O) groups is 2. The van der Waals surface area contributed by atoms with Crippen molar-refractivity contribution in [1.82, 2.24) is 9.80 Å². The lowest BCUT2D eigenvalue weighted by molar-refractivity contribution is -0.140. The normalized spacial score (nSPS) is 20.0. The molecular weight excluding hydrogens is 416 g/mol. The van der Waals surface area contributed by atoms with Crippen molar-refractivity contribution < 1.29 is 24.2 Å². The van der Waals surface area contributed by atoms with Gasteiger partial charge in [0.15, 0.2) is 11.5 Å². The third-order valence-electron chi connectivity index (χ3n) is 5.72. The Morgan fingerprint density at radius 2 is 1.90 bits per heavy atom. The van der Waals surface area contributed by atoms with E-state index in [1.807, 2.05) is 17.5 Å². The van der Waals surface area contributed by atoms with Gasteiger partial charge in [0.1, 0.15) is 19.0 Å². The van der Waals surface area contributed by atoms with E-state index in [1.165, 1.54) is 11.3 Å². The van der Waals surface area contributed by atoms with Crippen LogP contribution in [0.1, 0.15) is 30.3 Å². The van der Waals surface area contributed by atoms with Crippen LogP contribution < -0.4 is 9.47 Å². The number of rotatable bonds is 7. The molecule has 2 aliphatic heterocycles. The van der Waals surface area contributed by atoms with Gasteiger partial charge in [-0.3, -0.25) is 9.59 Å². The van der Waals surface area contributed by atoms with E-state index in [4.69, 9.17) is 9.47 Å². The number of thiophene rings is 1. The largest absolute Gasteiger partial charge is 0.507 e. The summed E-state index contributed by atoms with van der Waals surface area (Å²) in [5.41, 5.74) is 0.538. The molecule has 0 spiro atoms. The Balaban J connectivity index is 1.74. The summed E-state index contributed by atoms with van der Waals surface area (Å²) in [5.74, 6) is -0.329. The number of ether oxygens (including phenoxy) is 2. The summed E-state index contributed by atoms with van der Waals surface area (Å²) >= 11 is 1.46. The number of fused-ring (bicyclic) bond motifs is 1. The molecule has 4 rings (SSSR count). The molecule has 1 atom stereocenters. The molecule has 1 amide bonds. The minimum atomic E-state index is -0.662. The maximum absolute atomic E-state index is 13.0. The Hall–Kier alpha value is -2.84. The number of amides is 1. The summed E-state index contributed by atoms with van der Waals surface area (Å²) in [6.07, 6.45) is 0. The highest BCUT2D eigenvalue weighted by Gasteiger charge is 2.46. The van der Waals surface area contributed by atoms with Crippen molar-refractivity contribution in [2.45, 2.75) is 19.9 Å². The van der Waals surface area contributed by atoms with Crippen LogP contribution in [0.25, 0.3) is 5.76 Å². The fourth-order valence-corrected chi connectivity index (χ4v) is 4.83. The van der Waals surface area contributed by atoms with Crippen LogP contribution in [-0.2, 0) is 9.59 Å². The molecular formula is C23H26N2O5S.